The molecular weight excluding hydrogens is 571 g/mol. The number of aryl methyl sites for hydroxylation is 2. The van der Waals surface area contributed by atoms with Gasteiger partial charge in [-0.15, -0.1) is 5.10 Å². The molecule has 0 unspecified atom stereocenters. The number of carboxylic acid groups (broad SMARTS) is 1. The van der Waals surface area contributed by atoms with Crippen molar-refractivity contribution in [2.45, 2.75) is 58.0 Å². The summed E-state index contributed by atoms with van der Waals surface area (Å²) in [5.74, 6) is 5.10. The molecule has 5 rings (SSSR count). The van der Waals surface area contributed by atoms with E-state index in [-0.39, 0.29) is 12.0 Å². The molecule has 8 nitrogen and oxygen atoms in total. The standard InChI is InChI=1S/C27H27IN4O4/c1-4-5-24(33)32(22-12-15(2)20(28)14-19(22)16-6-7-16)23-11-10-21-25(29-23)26(30-31(21)3)36-18-9-8-17(13-18)27(34)35/h10-12,14,16-18H,6-9,13H2,1-3H3,(H,34,35)/t17-,18+/m1/s1. The average Bonchev–Trinajstić information content (AvgIpc) is 3.50. The zero-order valence-electron chi connectivity index (χ0n) is 20.4. The van der Waals surface area contributed by atoms with Crippen molar-refractivity contribution in [2.24, 2.45) is 13.0 Å². The van der Waals surface area contributed by atoms with Gasteiger partial charge in [-0.3, -0.25) is 19.2 Å². The molecule has 1 N–H and O–H groups in total. The predicted molar refractivity (Wildman–Crippen MR) is 144 cm³/mol. The van der Waals surface area contributed by atoms with Crippen LogP contribution in [0, 0.1) is 28.3 Å². The van der Waals surface area contributed by atoms with Crippen LogP contribution < -0.4 is 9.64 Å². The molecule has 1 amide bonds. The molecular formula is C27H27IN4O4. The summed E-state index contributed by atoms with van der Waals surface area (Å²) in [5.41, 5.74) is 4.31. The van der Waals surface area contributed by atoms with Crippen molar-refractivity contribution in [2.75, 3.05) is 4.90 Å². The quantitative estimate of drug-likeness (QED) is 0.314. The predicted octanol–water partition coefficient (Wildman–Crippen LogP) is 5.08. The van der Waals surface area contributed by atoms with Gasteiger partial charge >= 0.3 is 11.9 Å². The highest BCUT2D eigenvalue weighted by Crippen LogP contribution is 2.47. The van der Waals surface area contributed by atoms with Gasteiger partial charge in [-0.1, -0.05) is 5.92 Å². The van der Waals surface area contributed by atoms with Crippen LogP contribution in [-0.4, -0.2) is 37.9 Å². The molecule has 1 aromatic carbocycles. The molecule has 2 saturated carbocycles. The first-order valence-corrected chi connectivity index (χ1v) is 13.1. The molecule has 0 aliphatic heterocycles. The highest BCUT2D eigenvalue weighted by Gasteiger charge is 2.33. The number of nitrogens with zero attached hydrogens (tertiary/aromatic N) is 4. The largest absolute Gasteiger partial charge is 0.481 e. The van der Waals surface area contributed by atoms with E-state index in [1.54, 1.807) is 16.5 Å². The minimum absolute atomic E-state index is 0.237. The number of aromatic nitrogens is 3. The summed E-state index contributed by atoms with van der Waals surface area (Å²) in [6, 6.07) is 7.89. The fourth-order valence-corrected chi connectivity index (χ4v) is 5.32. The molecule has 186 valence electrons. The van der Waals surface area contributed by atoms with Crippen LogP contribution in [0.5, 0.6) is 5.88 Å². The van der Waals surface area contributed by atoms with Gasteiger partial charge in [0.15, 0.2) is 5.52 Å². The summed E-state index contributed by atoms with van der Waals surface area (Å²) in [5, 5.41) is 13.9. The van der Waals surface area contributed by atoms with Gasteiger partial charge in [-0.25, -0.2) is 4.98 Å². The molecule has 0 spiro atoms. The van der Waals surface area contributed by atoms with Gasteiger partial charge in [-0.2, -0.15) is 0 Å². The molecule has 2 aromatic heterocycles. The number of anilines is 2. The number of ether oxygens (including phenoxy) is 1. The van der Waals surface area contributed by atoms with Crippen molar-refractivity contribution in [3.63, 3.8) is 0 Å². The molecule has 2 aliphatic carbocycles. The lowest BCUT2D eigenvalue weighted by atomic mass is 10.0. The monoisotopic (exact) mass is 598 g/mol. The number of fused-ring (bicyclic) bond motifs is 1. The van der Waals surface area contributed by atoms with Crippen molar-refractivity contribution in [3.05, 3.63) is 39.0 Å². The van der Waals surface area contributed by atoms with Crippen LogP contribution in [0.25, 0.3) is 11.0 Å². The number of amides is 1. The summed E-state index contributed by atoms with van der Waals surface area (Å²) in [6.07, 6.45) is 3.63. The number of halogens is 1. The minimum atomic E-state index is -0.794. The maximum Gasteiger partial charge on any atom is 0.308 e. The Morgan fingerprint density at radius 3 is 2.67 bits per heavy atom. The summed E-state index contributed by atoms with van der Waals surface area (Å²) in [6.45, 7) is 3.68. The maximum absolute atomic E-state index is 13.3. The SMILES string of the molecule is CC#CC(=O)N(c1ccc2c(n1)c(O[C@H]1CC[C@@H](C(=O)O)C1)nn2C)c1cc(C)c(I)cc1C1CC1. The number of hydrogen-bond donors (Lipinski definition) is 1. The Bertz CT molecular complexity index is 1430. The van der Waals surface area contributed by atoms with E-state index < -0.39 is 11.9 Å². The first-order chi connectivity index (χ1) is 17.3. The molecule has 3 aromatic rings. The maximum atomic E-state index is 13.3. The van der Waals surface area contributed by atoms with Gasteiger partial charge in [-0.05, 0) is 116 Å². The van der Waals surface area contributed by atoms with E-state index in [1.807, 2.05) is 32.2 Å². The smallest absolute Gasteiger partial charge is 0.308 e. The Morgan fingerprint density at radius 2 is 2.00 bits per heavy atom. The van der Waals surface area contributed by atoms with E-state index >= 15 is 0 Å². The van der Waals surface area contributed by atoms with E-state index in [9.17, 15) is 14.7 Å². The molecule has 2 atom stereocenters. The highest BCUT2D eigenvalue weighted by atomic mass is 127. The molecule has 2 fully saturated rings. The van der Waals surface area contributed by atoms with Crippen LogP contribution in [0.15, 0.2) is 24.3 Å². The minimum Gasteiger partial charge on any atom is -0.481 e. The number of rotatable bonds is 6. The third-order valence-electron chi connectivity index (χ3n) is 6.89. The molecule has 9 heteroatoms. The third-order valence-corrected chi connectivity index (χ3v) is 8.06. The summed E-state index contributed by atoms with van der Waals surface area (Å²) < 4.78 is 9.00. The first kappa shape index (κ1) is 24.6. The lowest BCUT2D eigenvalue weighted by Gasteiger charge is -2.24. The number of carboxylic acids is 1. The van der Waals surface area contributed by atoms with E-state index in [2.05, 4.69) is 45.6 Å². The van der Waals surface area contributed by atoms with Crippen molar-refractivity contribution in [1.29, 1.82) is 0 Å². The van der Waals surface area contributed by atoms with Gasteiger partial charge in [0.25, 0.3) is 5.88 Å². The lowest BCUT2D eigenvalue weighted by Crippen LogP contribution is -2.26. The van der Waals surface area contributed by atoms with Crippen LogP contribution >= 0.6 is 22.6 Å². The lowest BCUT2D eigenvalue weighted by molar-refractivity contribution is -0.141. The Kier molecular flexibility index (Phi) is 6.64. The van der Waals surface area contributed by atoms with Gasteiger partial charge in [0.2, 0.25) is 0 Å². The topological polar surface area (TPSA) is 97.6 Å². The van der Waals surface area contributed by atoms with Crippen LogP contribution in [-0.2, 0) is 16.6 Å². The van der Waals surface area contributed by atoms with Gasteiger partial charge in [0.05, 0.1) is 17.1 Å². The van der Waals surface area contributed by atoms with Crippen LogP contribution in [0.2, 0.25) is 0 Å². The molecule has 0 radical (unpaired) electrons. The van der Waals surface area contributed by atoms with Crippen molar-refractivity contribution in [1.82, 2.24) is 14.8 Å². The number of carbonyl (C=O) groups excluding carboxylic acids is 1. The van der Waals surface area contributed by atoms with Crippen LogP contribution in [0.4, 0.5) is 11.5 Å². The Hall–Kier alpha value is -3.13. The molecule has 0 bridgehead atoms. The Balaban J connectivity index is 1.58. The number of aliphatic carboxylic acids is 1. The van der Waals surface area contributed by atoms with Crippen molar-refractivity contribution in [3.8, 4) is 17.7 Å². The van der Waals surface area contributed by atoms with Crippen LogP contribution in [0.1, 0.15) is 56.1 Å². The zero-order chi connectivity index (χ0) is 25.6. The fraction of sp³-hybridized carbons (Fsp3) is 0.407. The Morgan fingerprint density at radius 1 is 1.22 bits per heavy atom. The van der Waals surface area contributed by atoms with E-state index in [1.165, 1.54) is 0 Å². The second-order valence-corrected chi connectivity index (χ2v) is 10.7. The van der Waals surface area contributed by atoms with E-state index in [4.69, 9.17) is 9.72 Å². The second kappa shape index (κ2) is 9.73. The molecule has 0 saturated heterocycles. The molecule has 2 aliphatic rings. The number of pyridine rings is 1. The summed E-state index contributed by atoms with van der Waals surface area (Å²) in [4.78, 5) is 31.2. The van der Waals surface area contributed by atoms with Gasteiger partial charge in [0, 0.05) is 10.6 Å². The van der Waals surface area contributed by atoms with Crippen molar-refractivity contribution < 1.29 is 19.4 Å². The number of hydrogen-bond acceptors (Lipinski definition) is 5. The third kappa shape index (κ3) is 4.66. The number of carbonyl (C=O) groups is 2. The van der Waals surface area contributed by atoms with Crippen molar-refractivity contribution >= 4 is 57.0 Å². The molecule has 2 heterocycles. The van der Waals surface area contributed by atoms with E-state index in [0.717, 1.165) is 38.7 Å². The van der Waals surface area contributed by atoms with Gasteiger partial charge < -0.3 is 9.84 Å². The first-order valence-electron chi connectivity index (χ1n) is 12.1. The number of benzene rings is 1. The fourth-order valence-electron chi connectivity index (χ4n) is 4.83. The van der Waals surface area contributed by atoms with E-state index in [0.29, 0.717) is 42.4 Å². The Labute approximate surface area is 223 Å². The molecule has 36 heavy (non-hydrogen) atoms. The highest BCUT2D eigenvalue weighted by molar-refractivity contribution is 14.1. The zero-order valence-corrected chi connectivity index (χ0v) is 22.6. The summed E-state index contributed by atoms with van der Waals surface area (Å²) in [7, 11) is 1.81. The average molecular weight is 598 g/mol. The van der Waals surface area contributed by atoms with Gasteiger partial charge in [0.1, 0.15) is 11.9 Å². The summed E-state index contributed by atoms with van der Waals surface area (Å²) >= 11 is 2.34. The normalized spacial score (nSPS) is 19.1. The van der Waals surface area contributed by atoms with Crippen LogP contribution in [0.3, 0.4) is 0 Å². The second-order valence-electron chi connectivity index (χ2n) is 9.50.